The first-order valence-electron chi connectivity index (χ1n) is 8.67. The van der Waals surface area contributed by atoms with Crippen molar-refractivity contribution >= 4 is 21.4 Å². The summed E-state index contributed by atoms with van der Waals surface area (Å²) in [6, 6.07) is 14.1. The molecule has 0 spiro atoms. The van der Waals surface area contributed by atoms with E-state index in [4.69, 9.17) is 16.3 Å². The number of rotatable bonds is 7. The summed E-state index contributed by atoms with van der Waals surface area (Å²) in [6.45, 7) is 2.70. The molecule has 3 aromatic rings. The normalized spacial score (nSPS) is 11.5. The van der Waals surface area contributed by atoms with Crippen molar-refractivity contribution in [3.8, 4) is 23.0 Å². The monoisotopic (exact) mass is 404 g/mol. The Balaban J connectivity index is 2.02. The van der Waals surface area contributed by atoms with Gasteiger partial charge in [-0.25, -0.2) is 8.42 Å². The predicted molar refractivity (Wildman–Crippen MR) is 108 cm³/mol. The van der Waals surface area contributed by atoms with Gasteiger partial charge >= 0.3 is 0 Å². The minimum Gasteiger partial charge on any atom is -0.477 e. The second-order valence-electron chi connectivity index (χ2n) is 6.25. The maximum Gasteiger partial charge on any atom is 0.232 e. The van der Waals surface area contributed by atoms with E-state index >= 15 is 0 Å². The highest BCUT2D eigenvalue weighted by atomic mass is 35.5. The van der Waals surface area contributed by atoms with Crippen molar-refractivity contribution in [3.63, 3.8) is 0 Å². The Kier molecular flexibility index (Phi) is 5.87. The van der Waals surface area contributed by atoms with E-state index in [2.05, 4.69) is 11.9 Å². The van der Waals surface area contributed by atoms with E-state index in [-0.39, 0.29) is 4.90 Å². The van der Waals surface area contributed by atoms with Crippen LogP contribution in [0, 0.1) is 0 Å². The zero-order chi connectivity index (χ0) is 19.4. The van der Waals surface area contributed by atoms with Gasteiger partial charge < -0.3 is 4.74 Å². The number of hydrogen-bond acceptors (Lipinski definition) is 4. The summed E-state index contributed by atoms with van der Waals surface area (Å²) in [5, 5.41) is 0.650. The molecule has 0 bridgehead atoms. The number of unbranched alkanes of at least 4 members (excludes halogenated alkanes) is 1. The fourth-order valence-electron chi connectivity index (χ4n) is 2.60. The first kappa shape index (κ1) is 19.5. The first-order chi connectivity index (χ1) is 12.9. The standard InChI is InChI=1S/C20H21ClN2O3S/c1-3-4-13-26-19-14-23(17-9-7-16(21)8-10-17)20(22-19)15-5-11-18(12-6-15)27(2,24)25/h5-12,14H,3-4,13H2,1-2H3. The van der Waals surface area contributed by atoms with Crippen LogP contribution in [0.2, 0.25) is 5.02 Å². The molecule has 27 heavy (non-hydrogen) atoms. The molecule has 7 heteroatoms. The maximum atomic E-state index is 11.7. The number of imidazole rings is 1. The van der Waals surface area contributed by atoms with Crippen molar-refractivity contribution in [3.05, 3.63) is 59.8 Å². The van der Waals surface area contributed by atoms with Crippen LogP contribution in [-0.4, -0.2) is 30.8 Å². The van der Waals surface area contributed by atoms with E-state index in [0.717, 1.165) is 24.1 Å². The van der Waals surface area contributed by atoms with Crippen LogP contribution in [-0.2, 0) is 9.84 Å². The summed E-state index contributed by atoms with van der Waals surface area (Å²) in [4.78, 5) is 4.87. The second kappa shape index (κ2) is 8.15. The molecule has 0 saturated heterocycles. The van der Waals surface area contributed by atoms with Gasteiger partial charge in [0.1, 0.15) is 5.82 Å². The Bertz CT molecular complexity index is 1010. The third-order valence-electron chi connectivity index (χ3n) is 4.08. The summed E-state index contributed by atoms with van der Waals surface area (Å²) in [6.07, 6.45) is 5.01. The molecule has 2 aromatic carbocycles. The molecule has 0 amide bonds. The fraction of sp³-hybridized carbons (Fsp3) is 0.250. The third kappa shape index (κ3) is 4.70. The Morgan fingerprint density at radius 1 is 1.07 bits per heavy atom. The molecule has 0 radical (unpaired) electrons. The molecule has 3 rings (SSSR count). The SMILES string of the molecule is CCCCOc1cn(-c2ccc(Cl)cc2)c(-c2ccc(S(C)(=O)=O)cc2)n1. The van der Waals surface area contributed by atoms with Gasteiger partial charge in [0.05, 0.1) is 17.7 Å². The quantitative estimate of drug-likeness (QED) is 0.532. The molecule has 0 N–H and O–H groups in total. The molecule has 1 heterocycles. The van der Waals surface area contributed by atoms with Crippen LogP contribution < -0.4 is 4.74 Å². The van der Waals surface area contributed by atoms with E-state index in [1.54, 1.807) is 24.3 Å². The van der Waals surface area contributed by atoms with Crippen molar-refractivity contribution in [1.29, 1.82) is 0 Å². The van der Waals surface area contributed by atoms with Gasteiger partial charge in [-0.3, -0.25) is 4.57 Å². The van der Waals surface area contributed by atoms with Gasteiger partial charge in [0.15, 0.2) is 9.84 Å². The summed E-state index contributed by atoms with van der Waals surface area (Å²) in [5.74, 6) is 1.20. The van der Waals surface area contributed by atoms with Gasteiger partial charge in [0, 0.05) is 22.5 Å². The highest BCUT2D eigenvalue weighted by Gasteiger charge is 2.14. The van der Waals surface area contributed by atoms with Crippen LogP contribution in [0.25, 0.3) is 17.1 Å². The number of hydrogen-bond donors (Lipinski definition) is 0. The molecule has 0 unspecified atom stereocenters. The van der Waals surface area contributed by atoms with Crippen molar-refractivity contribution in [2.24, 2.45) is 0 Å². The van der Waals surface area contributed by atoms with Crippen molar-refractivity contribution in [2.75, 3.05) is 12.9 Å². The molecule has 5 nitrogen and oxygen atoms in total. The first-order valence-corrected chi connectivity index (χ1v) is 10.9. The highest BCUT2D eigenvalue weighted by molar-refractivity contribution is 7.90. The van der Waals surface area contributed by atoms with Crippen LogP contribution in [0.3, 0.4) is 0 Å². The molecular formula is C20H21ClN2O3S. The van der Waals surface area contributed by atoms with Crippen molar-refractivity contribution in [1.82, 2.24) is 9.55 Å². The van der Waals surface area contributed by atoms with Gasteiger partial charge in [-0.05, 0) is 55.0 Å². The molecule has 0 atom stereocenters. The lowest BCUT2D eigenvalue weighted by atomic mass is 10.2. The van der Waals surface area contributed by atoms with Crippen molar-refractivity contribution in [2.45, 2.75) is 24.7 Å². The predicted octanol–water partition coefficient (Wildman–Crippen LogP) is 4.78. The number of ether oxygens (including phenoxy) is 1. The summed E-state index contributed by atoms with van der Waals surface area (Å²) < 4.78 is 31.1. The number of aromatic nitrogens is 2. The van der Waals surface area contributed by atoms with Gasteiger partial charge in [-0.1, -0.05) is 24.9 Å². The third-order valence-corrected chi connectivity index (χ3v) is 5.46. The van der Waals surface area contributed by atoms with Crippen LogP contribution in [0.4, 0.5) is 0 Å². The smallest absolute Gasteiger partial charge is 0.232 e. The average Bonchev–Trinajstić information content (AvgIpc) is 3.06. The molecule has 142 valence electrons. The number of sulfone groups is 1. The summed E-state index contributed by atoms with van der Waals surface area (Å²) >= 11 is 6.00. The van der Waals surface area contributed by atoms with Gasteiger partial charge in [0.25, 0.3) is 0 Å². The van der Waals surface area contributed by atoms with Crippen LogP contribution in [0.5, 0.6) is 5.88 Å². The van der Waals surface area contributed by atoms with E-state index in [9.17, 15) is 8.42 Å². The van der Waals surface area contributed by atoms with Crippen LogP contribution in [0.1, 0.15) is 19.8 Å². The molecule has 0 aliphatic carbocycles. The van der Waals surface area contributed by atoms with Crippen molar-refractivity contribution < 1.29 is 13.2 Å². The Hall–Kier alpha value is -2.31. The van der Waals surface area contributed by atoms with E-state index in [1.807, 2.05) is 35.0 Å². The number of benzene rings is 2. The summed E-state index contributed by atoms with van der Waals surface area (Å²) in [7, 11) is -3.25. The van der Waals surface area contributed by atoms with Crippen LogP contribution >= 0.6 is 11.6 Å². The molecule has 1 aromatic heterocycles. The lowest BCUT2D eigenvalue weighted by Gasteiger charge is -2.08. The van der Waals surface area contributed by atoms with Gasteiger partial charge in [0.2, 0.25) is 5.88 Å². The zero-order valence-corrected chi connectivity index (χ0v) is 16.8. The average molecular weight is 405 g/mol. The number of nitrogens with zero attached hydrogens (tertiary/aromatic N) is 2. The van der Waals surface area contributed by atoms with E-state index in [1.165, 1.54) is 6.26 Å². The summed E-state index contributed by atoms with van der Waals surface area (Å²) in [5.41, 5.74) is 1.68. The Labute approximate surface area is 164 Å². The minimum absolute atomic E-state index is 0.273. The van der Waals surface area contributed by atoms with Gasteiger partial charge in [-0.15, -0.1) is 0 Å². The lowest BCUT2D eigenvalue weighted by molar-refractivity contribution is 0.299. The zero-order valence-electron chi connectivity index (χ0n) is 15.2. The Morgan fingerprint density at radius 3 is 2.33 bits per heavy atom. The molecule has 0 aliphatic rings. The molecule has 0 saturated carbocycles. The topological polar surface area (TPSA) is 61.2 Å². The number of halogens is 1. The van der Waals surface area contributed by atoms with E-state index in [0.29, 0.717) is 23.3 Å². The largest absolute Gasteiger partial charge is 0.477 e. The van der Waals surface area contributed by atoms with Gasteiger partial charge in [-0.2, -0.15) is 4.98 Å². The molecule has 0 fully saturated rings. The van der Waals surface area contributed by atoms with Crippen LogP contribution in [0.15, 0.2) is 59.6 Å². The fourth-order valence-corrected chi connectivity index (χ4v) is 3.36. The molecule has 0 aliphatic heterocycles. The lowest BCUT2D eigenvalue weighted by Crippen LogP contribution is -1.98. The minimum atomic E-state index is -3.25. The van der Waals surface area contributed by atoms with E-state index < -0.39 is 9.84 Å². The molecular weight excluding hydrogens is 384 g/mol. The Morgan fingerprint density at radius 2 is 1.74 bits per heavy atom. The second-order valence-corrected chi connectivity index (χ2v) is 8.70. The maximum absolute atomic E-state index is 11.7. The highest BCUT2D eigenvalue weighted by Crippen LogP contribution is 2.27.